The number of aromatic nitrogens is 1. The molecule has 0 saturated heterocycles. The number of benzene rings is 1. The van der Waals surface area contributed by atoms with E-state index in [2.05, 4.69) is 11.2 Å². The van der Waals surface area contributed by atoms with E-state index in [4.69, 9.17) is 4.52 Å². The summed E-state index contributed by atoms with van der Waals surface area (Å²) in [6.07, 6.45) is 0. The minimum absolute atomic E-state index is 0.806. The molecule has 2 heteroatoms. The van der Waals surface area contributed by atoms with Gasteiger partial charge in [-0.15, -0.1) is 0 Å². The van der Waals surface area contributed by atoms with Gasteiger partial charge in [-0.25, -0.2) is 0 Å². The van der Waals surface area contributed by atoms with Gasteiger partial charge in [0.15, 0.2) is 5.58 Å². The number of hydrogen-bond acceptors (Lipinski definition) is 2. The Hall–Kier alpha value is -1.31. The summed E-state index contributed by atoms with van der Waals surface area (Å²) in [5, 5.41) is 4.87. The van der Waals surface area contributed by atoms with Crippen LogP contribution in [0.25, 0.3) is 11.0 Å². The first-order valence-corrected chi connectivity index (χ1v) is 3.10. The Morgan fingerprint density at radius 3 is 3.30 bits per heavy atom. The maximum absolute atomic E-state index is 4.97. The number of aryl methyl sites for hydroxylation is 1. The van der Waals surface area contributed by atoms with Crippen molar-refractivity contribution in [3.8, 4) is 0 Å². The van der Waals surface area contributed by atoms with Crippen LogP contribution in [-0.2, 0) is 0 Å². The first-order valence-electron chi connectivity index (χ1n) is 3.10. The van der Waals surface area contributed by atoms with Crippen LogP contribution in [0.2, 0.25) is 0 Å². The van der Waals surface area contributed by atoms with Gasteiger partial charge in [0.05, 0.1) is 5.69 Å². The Kier molecular flexibility index (Phi) is 1.01. The van der Waals surface area contributed by atoms with E-state index >= 15 is 0 Å². The van der Waals surface area contributed by atoms with Crippen LogP contribution < -0.4 is 0 Å². The van der Waals surface area contributed by atoms with Crippen molar-refractivity contribution in [2.45, 2.75) is 6.92 Å². The fraction of sp³-hybridized carbons (Fsp3) is 0.125. The second-order valence-electron chi connectivity index (χ2n) is 2.19. The highest BCUT2D eigenvalue weighted by atomic mass is 16.5. The van der Waals surface area contributed by atoms with E-state index in [1.807, 2.05) is 19.1 Å². The maximum atomic E-state index is 4.97. The predicted molar refractivity (Wildman–Crippen MR) is 37.6 cm³/mol. The molecule has 0 N–H and O–H groups in total. The lowest BCUT2D eigenvalue weighted by Crippen LogP contribution is -1.67. The lowest BCUT2D eigenvalue weighted by atomic mass is 10.2. The van der Waals surface area contributed by atoms with Crippen molar-refractivity contribution in [3.63, 3.8) is 0 Å². The van der Waals surface area contributed by atoms with E-state index in [0.29, 0.717) is 0 Å². The molecule has 0 spiro atoms. The van der Waals surface area contributed by atoms with Crippen molar-refractivity contribution in [1.29, 1.82) is 0 Å². The van der Waals surface area contributed by atoms with Crippen LogP contribution in [-0.4, -0.2) is 5.16 Å². The second kappa shape index (κ2) is 1.84. The van der Waals surface area contributed by atoms with Gasteiger partial charge < -0.3 is 4.52 Å². The summed E-state index contributed by atoms with van der Waals surface area (Å²) in [6.45, 7) is 1.92. The average Bonchev–Trinajstić information content (AvgIpc) is 2.34. The highest BCUT2D eigenvalue weighted by molar-refractivity contribution is 5.78. The zero-order valence-corrected chi connectivity index (χ0v) is 5.59. The van der Waals surface area contributed by atoms with E-state index in [1.165, 1.54) is 0 Å². The lowest BCUT2D eigenvalue weighted by Gasteiger charge is -1.81. The fourth-order valence-electron chi connectivity index (χ4n) is 0.956. The Morgan fingerprint density at radius 1 is 1.60 bits per heavy atom. The van der Waals surface area contributed by atoms with Crippen molar-refractivity contribution in [2.75, 3.05) is 0 Å². The minimum Gasteiger partial charge on any atom is -0.356 e. The lowest BCUT2D eigenvalue weighted by molar-refractivity contribution is 0.450. The molecule has 2 aromatic rings. The molecule has 1 radical (unpaired) electrons. The molecule has 2 rings (SSSR count). The number of rotatable bonds is 0. The van der Waals surface area contributed by atoms with Gasteiger partial charge >= 0.3 is 0 Å². The van der Waals surface area contributed by atoms with Crippen LogP contribution in [0.1, 0.15) is 5.69 Å². The van der Waals surface area contributed by atoms with Crippen LogP contribution in [0.15, 0.2) is 22.7 Å². The molecule has 1 aromatic carbocycles. The normalized spacial score (nSPS) is 10.5. The molecule has 0 saturated carbocycles. The molecule has 0 bridgehead atoms. The molecule has 0 atom stereocenters. The molecule has 1 heterocycles. The predicted octanol–water partition coefficient (Wildman–Crippen LogP) is 1.94. The fourth-order valence-corrected chi connectivity index (χ4v) is 0.956. The Labute approximate surface area is 58.4 Å². The number of fused-ring (bicyclic) bond motifs is 1. The molecule has 10 heavy (non-hydrogen) atoms. The third-order valence-corrected chi connectivity index (χ3v) is 1.50. The largest absolute Gasteiger partial charge is 0.356 e. The molecule has 0 aliphatic rings. The molecular formula is C8H6NO. The van der Waals surface area contributed by atoms with Crippen molar-refractivity contribution in [3.05, 3.63) is 30.0 Å². The van der Waals surface area contributed by atoms with Crippen molar-refractivity contribution in [2.24, 2.45) is 0 Å². The molecule has 0 unspecified atom stereocenters. The summed E-state index contributed by atoms with van der Waals surface area (Å²) < 4.78 is 4.97. The molecule has 0 amide bonds. The third kappa shape index (κ3) is 0.620. The Bertz CT molecular complexity index is 351. The molecule has 49 valence electrons. The topological polar surface area (TPSA) is 26.0 Å². The van der Waals surface area contributed by atoms with Crippen LogP contribution in [0, 0.1) is 13.0 Å². The maximum Gasteiger partial charge on any atom is 0.167 e. The van der Waals surface area contributed by atoms with Crippen molar-refractivity contribution in [1.82, 2.24) is 5.16 Å². The standard InChI is InChI=1S/C8H6NO/c1-6-7-4-2-3-5-8(7)10-9-6/h2,4-5H,1H3. The van der Waals surface area contributed by atoms with Gasteiger partial charge in [0.2, 0.25) is 0 Å². The minimum atomic E-state index is 0.806. The van der Waals surface area contributed by atoms with Crippen molar-refractivity contribution < 1.29 is 4.52 Å². The Morgan fingerprint density at radius 2 is 2.50 bits per heavy atom. The van der Waals surface area contributed by atoms with E-state index < -0.39 is 0 Å². The van der Waals surface area contributed by atoms with Gasteiger partial charge in [-0.05, 0) is 25.1 Å². The van der Waals surface area contributed by atoms with Gasteiger partial charge in [0, 0.05) is 5.39 Å². The third-order valence-electron chi connectivity index (χ3n) is 1.50. The second-order valence-corrected chi connectivity index (χ2v) is 2.19. The number of hydrogen-bond donors (Lipinski definition) is 0. The molecule has 1 aromatic heterocycles. The zero-order chi connectivity index (χ0) is 6.97. The van der Waals surface area contributed by atoms with Crippen LogP contribution in [0.3, 0.4) is 0 Å². The highest BCUT2D eigenvalue weighted by Crippen LogP contribution is 2.15. The molecular weight excluding hydrogens is 126 g/mol. The molecule has 2 nitrogen and oxygen atoms in total. The average molecular weight is 132 g/mol. The van der Waals surface area contributed by atoms with Crippen LogP contribution in [0.5, 0.6) is 0 Å². The van der Waals surface area contributed by atoms with E-state index in [1.54, 1.807) is 6.07 Å². The van der Waals surface area contributed by atoms with Gasteiger partial charge in [-0.1, -0.05) is 11.2 Å². The molecule has 0 fully saturated rings. The summed E-state index contributed by atoms with van der Waals surface area (Å²) in [7, 11) is 0. The highest BCUT2D eigenvalue weighted by Gasteiger charge is 1.99. The smallest absolute Gasteiger partial charge is 0.167 e. The van der Waals surface area contributed by atoms with Gasteiger partial charge in [0.25, 0.3) is 0 Å². The monoisotopic (exact) mass is 132 g/mol. The van der Waals surface area contributed by atoms with Crippen LogP contribution >= 0.6 is 0 Å². The first kappa shape index (κ1) is 5.47. The summed E-state index contributed by atoms with van der Waals surface area (Å²) in [6, 6.07) is 8.50. The molecule has 0 aliphatic carbocycles. The van der Waals surface area contributed by atoms with Gasteiger partial charge in [-0.3, -0.25) is 0 Å². The first-order chi connectivity index (χ1) is 4.88. The van der Waals surface area contributed by atoms with E-state index in [-0.39, 0.29) is 0 Å². The summed E-state index contributed by atoms with van der Waals surface area (Å²) in [5.41, 5.74) is 1.74. The number of nitrogens with zero attached hydrogens (tertiary/aromatic N) is 1. The van der Waals surface area contributed by atoms with Crippen LogP contribution in [0.4, 0.5) is 0 Å². The SMILES string of the molecule is Cc1noc2c[c]ccc12. The Balaban J connectivity index is 2.93. The summed E-state index contributed by atoms with van der Waals surface area (Å²) in [4.78, 5) is 0. The summed E-state index contributed by atoms with van der Waals surface area (Å²) in [5.74, 6) is 0. The van der Waals surface area contributed by atoms with E-state index in [0.717, 1.165) is 16.7 Å². The van der Waals surface area contributed by atoms with Gasteiger partial charge in [-0.2, -0.15) is 0 Å². The quantitative estimate of drug-likeness (QED) is 0.547. The van der Waals surface area contributed by atoms with Gasteiger partial charge in [0.1, 0.15) is 0 Å². The van der Waals surface area contributed by atoms with Crippen molar-refractivity contribution >= 4 is 11.0 Å². The summed E-state index contributed by atoms with van der Waals surface area (Å²) >= 11 is 0. The van der Waals surface area contributed by atoms with E-state index in [9.17, 15) is 0 Å². The molecule has 0 aliphatic heterocycles. The zero-order valence-electron chi connectivity index (χ0n) is 5.59.